The van der Waals surface area contributed by atoms with Gasteiger partial charge < -0.3 is 0 Å². The number of carbonyl (C=O) groups is 1. The minimum atomic E-state index is -4.62. The summed E-state index contributed by atoms with van der Waals surface area (Å²) in [5.74, 6) is -1.20. The van der Waals surface area contributed by atoms with Crippen LogP contribution < -0.4 is 0 Å². The Bertz CT molecular complexity index is 1240. The van der Waals surface area contributed by atoms with Gasteiger partial charge in [0.2, 0.25) is 0 Å². The molecule has 0 aliphatic heterocycles. The number of fused-ring (bicyclic) bond motifs is 5. The number of nitrogens with zero attached hydrogens (tertiary/aromatic N) is 2. The van der Waals surface area contributed by atoms with Gasteiger partial charge in [-0.3, -0.25) is 9.48 Å². The Morgan fingerprint density at radius 1 is 1.13 bits per heavy atom. The molecule has 1 heterocycles. The zero-order chi connectivity index (χ0) is 20.7. The molecule has 3 aliphatic carbocycles. The van der Waals surface area contributed by atoms with Crippen molar-refractivity contribution in [3.8, 4) is 0 Å². The Labute approximate surface area is 171 Å². The van der Waals surface area contributed by atoms with Gasteiger partial charge in [-0.05, 0) is 54.0 Å². The lowest BCUT2D eigenvalue weighted by Gasteiger charge is -2.33. The van der Waals surface area contributed by atoms with Gasteiger partial charge in [0, 0.05) is 22.9 Å². The van der Waals surface area contributed by atoms with Crippen molar-refractivity contribution in [2.45, 2.75) is 38.4 Å². The van der Waals surface area contributed by atoms with Gasteiger partial charge >= 0.3 is 6.18 Å². The van der Waals surface area contributed by atoms with E-state index in [1.807, 2.05) is 41.2 Å². The number of alkyl halides is 3. The number of ketones is 1. The van der Waals surface area contributed by atoms with E-state index in [4.69, 9.17) is 0 Å². The van der Waals surface area contributed by atoms with Crippen LogP contribution >= 0.6 is 0 Å². The summed E-state index contributed by atoms with van der Waals surface area (Å²) >= 11 is 0. The lowest BCUT2D eigenvalue weighted by atomic mass is 9.71. The number of benzene rings is 2. The Morgan fingerprint density at radius 3 is 2.70 bits per heavy atom. The molecule has 2 bridgehead atoms. The molecule has 1 aromatic heterocycles. The summed E-state index contributed by atoms with van der Waals surface area (Å²) < 4.78 is 43.7. The van der Waals surface area contributed by atoms with Crippen molar-refractivity contribution in [3.63, 3.8) is 0 Å². The molecule has 2 unspecified atom stereocenters. The first-order valence-corrected chi connectivity index (χ1v) is 10.3. The van der Waals surface area contributed by atoms with Crippen LogP contribution in [0.4, 0.5) is 13.2 Å². The molecule has 30 heavy (non-hydrogen) atoms. The maximum atomic E-state index is 14.0. The second-order valence-corrected chi connectivity index (χ2v) is 8.85. The number of halogens is 3. The smallest absolute Gasteiger partial charge is 0.294 e. The summed E-state index contributed by atoms with van der Waals surface area (Å²) in [6.45, 7) is 0.604. The molecular weight excluding hydrogens is 389 g/mol. The molecule has 152 valence electrons. The molecule has 6 rings (SSSR count). The summed E-state index contributed by atoms with van der Waals surface area (Å²) in [6.07, 6.45) is -0.380. The molecule has 3 aromatic rings. The van der Waals surface area contributed by atoms with E-state index in [2.05, 4.69) is 5.10 Å². The number of carbonyl (C=O) groups excluding carboxylic acids is 1. The van der Waals surface area contributed by atoms with Crippen LogP contribution in [-0.4, -0.2) is 21.7 Å². The van der Waals surface area contributed by atoms with Crippen LogP contribution in [0.3, 0.4) is 0 Å². The number of hydrogen-bond acceptors (Lipinski definition) is 2. The Balaban J connectivity index is 1.53. The number of aromatic nitrogens is 2. The largest absolute Gasteiger partial charge is 0.420 e. The van der Waals surface area contributed by atoms with Crippen molar-refractivity contribution in [3.05, 3.63) is 70.9 Å². The van der Waals surface area contributed by atoms with Gasteiger partial charge in [-0.1, -0.05) is 36.4 Å². The highest BCUT2D eigenvalue weighted by molar-refractivity contribution is 6.10. The van der Waals surface area contributed by atoms with Crippen molar-refractivity contribution in [2.24, 2.45) is 11.3 Å². The van der Waals surface area contributed by atoms with Gasteiger partial charge in [0.15, 0.2) is 5.78 Å². The molecule has 2 aromatic carbocycles. The fourth-order valence-electron chi connectivity index (χ4n) is 5.93. The average molecular weight is 408 g/mol. The van der Waals surface area contributed by atoms with Crippen molar-refractivity contribution < 1.29 is 18.0 Å². The summed E-state index contributed by atoms with van der Waals surface area (Å²) in [7, 11) is 0. The lowest BCUT2D eigenvalue weighted by Crippen LogP contribution is -2.34. The zero-order valence-electron chi connectivity index (χ0n) is 16.2. The van der Waals surface area contributed by atoms with E-state index in [0.717, 1.165) is 22.0 Å². The van der Waals surface area contributed by atoms with Gasteiger partial charge in [0.25, 0.3) is 0 Å². The minimum absolute atomic E-state index is 0.251. The maximum Gasteiger partial charge on any atom is 0.420 e. The first kappa shape index (κ1) is 17.9. The molecule has 1 saturated carbocycles. The van der Waals surface area contributed by atoms with Gasteiger partial charge in [0.1, 0.15) is 5.57 Å². The first-order chi connectivity index (χ1) is 14.4. The standard InChI is InChI=1S/C24H19F3N2O/c25-24(26,27)21-20-16-6-7-19-18(13-29(28-19)12-14-4-2-1-3-5-14)17(16)11-23(20)9-8-15(10-23)22(21)30/h1-7,13,15H,8-12H2. The predicted molar refractivity (Wildman–Crippen MR) is 107 cm³/mol. The maximum absolute atomic E-state index is 14.0. The number of rotatable bonds is 2. The van der Waals surface area contributed by atoms with Crippen LogP contribution in [0.2, 0.25) is 0 Å². The first-order valence-electron chi connectivity index (χ1n) is 10.3. The van der Waals surface area contributed by atoms with E-state index in [0.29, 0.717) is 37.8 Å². The molecule has 2 atom stereocenters. The molecule has 3 aliphatic rings. The van der Waals surface area contributed by atoms with E-state index in [-0.39, 0.29) is 5.57 Å². The van der Waals surface area contributed by atoms with Crippen LogP contribution in [0, 0.1) is 11.3 Å². The topological polar surface area (TPSA) is 34.9 Å². The SMILES string of the molecule is O=C1C(C(F)(F)F)=C2c3ccc4nn(Cc5ccccc5)cc4c3CC23CCC1C3. The summed E-state index contributed by atoms with van der Waals surface area (Å²) in [5, 5.41) is 5.56. The molecule has 1 fully saturated rings. The highest BCUT2D eigenvalue weighted by Crippen LogP contribution is 2.64. The molecule has 0 N–H and O–H groups in total. The number of Topliss-reactive ketones (excluding diaryl/α,β-unsaturated/α-hetero) is 1. The Kier molecular flexibility index (Phi) is 3.49. The molecule has 0 saturated heterocycles. The normalized spacial score (nSPS) is 25.2. The third kappa shape index (κ3) is 2.39. The second kappa shape index (κ2) is 5.84. The molecule has 6 heteroatoms. The highest BCUT2D eigenvalue weighted by Gasteiger charge is 2.59. The van der Waals surface area contributed by atoms with Crippen molar-refractivity contribution >= 4 is 22.3 Å². The van der Waals surface area contributed by atoms with Gasteiger partial charge in [-0.2, -0.15) is 18.3 Å². The van der Waals surface area contributed by atoms with E-state index in [1.165, 1.54) is 0 Å². The predicted octanol–water partition coefficient (Wildman–Crippen LogP) is 5.33. The van der Waals surface area contributed by atoms with E-state index >= 15 is 0 Å². The van der Waals surface area contributed by atoms with Crippen LogP contribution in [0.25, 0.3) is 16.5 Å². The van der Waals surface area contributed by atoms with Gasteiger partial charge in [-0.15, -0.1) is 0 Å². The summed E-state index contributed by atoms with van der Waals surface area (Å²) in [4.78, 5) is 12.7. The summed E-state index contributed by atoms with van der Waals surface area (Å²) in [6, 6.07) is 13.5. The quantitative estimate of drug-likeness (QED) is 0.575. The lowest BCUT2D eigenvalue weighted by molar-refractivity contribution is -0.132. The van der Waals surface area contributed by atoms with Crippen molar-refractivity contribution in [1.82, 2.24) is 9.78 Å². The monoisotopic (exact) mass is 408 g/mol. The van der Waals surface area contributed by atoms with Crippen LogP contribution in [0.5, 0.6) is 0 Å². The minimum Gasteiger partial charge on any atom is -0.294 e. The zero-order valence-corrected chi connectivity index (χ0v) is 16.2. The molecule has 0 radical (unpaired) electrons. The van der Waals surface area contributed by atoms with Crippen LogP contribution in [0.15, 0.2) is 54.2 Å². The third-order valence-corrected chi connectivity index (χ3v) is 7.11. The van der Waals surface area contributed by atoms with Crippen LogP contribution in [-0.2, 0) is 17.8 Å². The Morgan fingerprint density at radius 2 is 1.93 bits per heavy atom. The van der Waals surface area contributed by atoms with Gasteiger partial charge in [0.05, 0.1) is 12.1 Å². The van der Waals surface area contributed by atoms with Crippen molar-refractivity contribution in [1.29, 1.82) is 0 Å². The summed E-state index contributed by atoms with van der Waals surface area (Å²) in [5.41, 5.74) is 2.21. The van der Waals surface area contributed by atoms with E-state index in [9.17, 15) is 18.0 Å². The number of hydrogen-bond donors (Lipinski definition) is 0. The van der Waals surface area contributed by atoms with Crippen LogP contribution in [0.1, 0.15) is 36.0 Å². The van der Waals surface area contributed by atoms with E-state index in [1.54, 1.807) is 12.1 Å². The number of allylic oxidation sites excluding steroid dienone is 2. The molecule has 3 nitrogen and oxygen atoms in total. The molecule has 1 spiro atoms. The third-order valence-electron chi connectivity index (χ3n) is 7.11. The van der Waals surface area contributed by atoms with Gasteiger partial charge in [-0.25, -0.2) is 0 Å². The van der Waals surface area contributed by atoms with E-state index < -0.39 is 28.9 Å². The second-order valence-electron chi connectivity index (χ2n) is 8.85. The highest BCUT2D eigenvalue weighted by atomic mass is 19.4. The fourth-order valence-corrected chi connectivity index (χ4v) is 5.93. The van der Waals surface area contributed by atoms with Crippen molar-refractivity contribution in [2.75, 3.05) is 0 Å². The Hall–Kier alpha value is -2.89. The molecular formula is C24H19F3N2O. The molecule has 0 amide bonds. The fraction of sp³-hybridized carbons (Fsp3) is 0.333. The average Bonchev–Trinajstić information content (AvgIpc) is 3.37.